The zero-order chi connectivity index (χ0) is 26.0. The minimum Gasteiger partial charge on any atom is -0.297 e. The van der Waals surface area contributed by atoms with Gasteiger partial charge in [-0.15, -0.1) is 0 Å². The van der Waals surface area contributed by atoms with Crippen LogP contribution in [-0.2, 0) is 19.1 Å². The van der Waals surface area contributed by atoms with Gasteiger partial charge in [0, 0.05) is 5.39 Å². The van der Waals surface area contributed by atoms with Gasteiger partial charge in [0.2, 0.25) is 0 Å². The molecule has 8 heteroatoms. The Bertz CT molecular complexity index is 1850. The molecule has 2 aliphatic rings. The molecule has 1 aliphatic carbocycles. The van der Waals surface area contributed by atoms with Crippen LogP contribution in [0.1, 0.15) is 31.0 Å². The summed E-state index contributed by atoms with van der Waals surface area (Å²) in [4.78, 5) is 19.5. The molecule has 1 aliphatic heterocycles. The highest BCUT2D eigenvalue weighted by Crippen LogP contribution is 2.46. The maximum atomic E-state index is 13.8. The Kier molecular flexibility index (Phi) is 5.25. The molecule has 6 nitrogen and oxygen atoms in total. The number of β-lactam (4-membered cyclic amide) rings is 1. The van der Waals surface area contributed by atoms with Gasteiger partial charge in [0.15, 0.2) is 6.10 Å². The lowest BCUT2D eigenvalue weighted by Crippen LogP contribution is -2.61. The highest BCUT2D eigenvalue weighted by Gasteiger charge is 2.54. The van der Waals surface area contributed by atoms with Crippen LogP contribution in [0.25, 0.3) is 32.3 Å². The number of rotatable bonds is 5. The molecule has 0 spiro atoms. The lowest BCUT2D eigenvalue weighted by Gasteiger charge is -2.46. The van der Waals surface area contributed by atoms with Gasteiger partial charge in [-0.2, -0.15) is 8.42 Å². The smallest absolute Gasteiger partial charge is 0.271 e. The summed E-state index contributed by atoms with van der Waals surface area (Å²) in [5.41, 5.74) is 0.994. The lowest BCUT2D eigenvalue weighted by atomic mass is 9.90. The summed E-state index contributed by atoms with van der Waals surface area (Å²) < 4.78 is 45.1. The number of nitrogens with zero attached hydrogens (tertiary/aromatic N) is 2. The number of aromatic nitrogens is 1. The first-order valence-electron chi connectivity index (χ1n) is 12.6. The second-order valence-corrected chi connectivity index (χ2v) is 11.8. The summed E-state index contributed by atoms with van der Waals surface area (Å²) in [6, 6.07) is 23.9. The summed E-state index contributed by atoms with van der Waals surface area (Å²) in [7, 11) is -3.93. The van der Waals surface area contributed by atoms with Crippen molar-refractivity contribution in [1.82, 2.24) is 4.98 Å². The highest BCUT2D eigenvalue weighted by molar-refractivity contribution is 7.87. The average molecular weight is 527 g/mol. The topological polar surface area (TPSA) is 76.6 Å². The molecule has 0 N–H and O–H groups in total. The second kappa shape index (κ2) is 8.58. The number of fused-ring (bicyclic) bond motifs is 5. The molecule has 1 amide bonds. The third-order valence-corrected chi connectivity index (χ3v) is 9.57. The van der Waals surface area contributed by atoms with E-state index in [0.29, 0.717) is 24.2 Å². The fraction of sp³-hybridized carbons (Fsp3) is 0.200. The van der Waals surface area contributed by atoms with Gasteiger partial charge >= 0.3 is 0 Å². The first-order valence-corrected chi connectivity index (χ1v) is 14.1. The number of pyridine rings is 1. The van der Waals surface area contributed by atoms with Crippen molar-refractivity contribution in [3.63, 3.8) is 0 Å². The van der Waals surface area contributed by atoms with Gasteiger partial charge < -0.3 is 0 Å². The van der Waals surface area contributed by atoms with Crippen LogP contribution >= 0.6 is 0 Å². The first-order chi connectivity index (χ1) is 18.4. The van der Waals surface area contributed by atoms with Crippen molar-refractivity contribution in [2.75, 3.05) is 4.90 Å². The van der Waals surface area contributed by atoms with Gasteiger partial charge in [0.05, 0.1) is 22.8 Å². The molecule has 5 aromatic rings. The predicted molar refractivity (Wildman–Crippen MR) is 145 cm³/mol. The maximum absolute atomic E-state index is 13.8. The molecular weight excluding hydrogens is 503 g/mol. The molecule has 0 radical (unpaired) electrons. The quantitative estimate of drug-likeness (QED) is 0.159. The number of halogens is 1. The number of carbonyl (C=O) groups is 1. The minimum absolute atomic E-state index is 0.363. The molecular formula is C30H23FN2O4S. The number of carbonyl (C=O) groups excluding carboxylic acids is 1. The van der Waals surface area contributed by atoms with Crippen molar-refractivity contribution in [2.24, 2.45) is 0 Å². The van der Waals surface area contributed by atoms with E-state index in [4.69, 9.17) is 4.18 Å². The van der Waals surface area contributed by atoms with Crippen molar-refractivity contribution < 1.29 is 21.8 Å². The molecule has 0 bridgehead atoms. The third-order valence-electron chi connectivity index (χ3n) is 7.80. The molecule has 1 aromatic heterocycles. The van der Waals surface area contributed by atoms with Gasteiger partial charge in [-0.3, -0.25) is 18.9 Å². The Morgan fingerprint density at radius 3 is 2.26 bits per heavy atom. The van der Waals surface area contributed by atoms with Crippen molar-refractivity contribution in [3.8, 4) is 0 Å². The molecule has 2 atom stereocenters. The standard InChI is InChI=1S/C30H23FN2O4S/c31-19-13-15-26(32-17-19)28-29(37-38(35,36)20-7-5-8-20)30(34)33(28)27-16-25-21-9-2-1-6-18(21)12-14-23(25)22-10-3-4-11-24(22)27/h1-4,6,9-17,20,28-29H,5,7-8H2. The summed E-state index contributed by atoms with van der Waals surface area (Å²) in [5.74, 6) is -0.984. The lowest BCUT2D eigenvalue weighted by molar-refractivity contribution is -0.134. The van der Waals surface area contributed by atoms with E-state index in [0.717, 1.165) is 44.9 Å². The van der Waals surface area contributed by atoms with Crippen LogP contribution < -0.4 is 4.90 Å². The van der Waals surface area contributed by atoms with Crippen LogP contribution in [0.5, 0.6) is 0 Å². The molecule has 2 heterocycles. The number of hydrogen-bond acceptors (Lipinski definition) is 5. The Morgan fingerprint density at radius 2 is 1.55 bits per heavy atom. The molecule has 4 aromatic carbocycles. The normalized spacial score (nSPS) is 20.1. The third kappa shape index (κ3) is 3.51. The minimum atomic E-state index is -3.93. The number of anilines is 1. The van der Waals surface area contributed by atoms with Gasteiger partial charge in [0.25, 0.3) is 16.0 Å². The fourth-order valence-corrected chi connectivity index (χ4v) is 7.14. The molecule has 38 heavy (non-hydrogen) atoms. The van der Waals surface area contributed by atoms with Crippen molar-refractivity contribution in [3.05, 3.63) is 96.6 Å². The van der Waals surface area contributed by atoms with E-state index in [1.165, 1.54) is 12.1 Å². The van der Waals surface area contributed by atoms with Crippen LogP contribution in [0.4, 0.5) is 10.1 Å². The van der Waals surface area contributed by atoms with E-state index in [1.807, 2.05) is 54.6 Å². The van der Waals surface area contributed by atoms with Gasteiger partial charge in [0.1, 0.15) is 11.9 Å². The van der Waals surface area contributed by atoms with Gasteiger partial charge in [-0.05, 0) is 58.0 Å². The van der Waals surface area contributed by atoms with Crippen molar-refractivity contribution in [2.45, 2.75) is 36.7 Å². The van der Waals surface area contributed by atoms with Crippen LogP contribution in [0.3, 0.4) is 0 Å². The largest absolute Gasteiger partial charge is 0.297 e. The number of amides is 1. The summed E-state index contributed by atoms with van der Waals surface area (Å²) >= 11 is 0. The Hall–Kier alpha value is -3.88. The fourth-order valence-electron chi connectivity index (χ4n) is 5.60. The zero-order valence-electron chi connectivity index (χ0n) is 20.2. The molecule has 1 saturated heterocycles. The molecule has 7 rings (SSSR count). The van der Waals surface area contributed by atoms with Gasteiger partial charge in [-0.25, -0.2) is 4.39 Å². The Labute approximate surface area is 218 Å². The summed E-state index contributed by atoms with van der Waals surface area (Å²) in [5, 5.41) is 5.35. The summed E-state index contributed by atoms with van der Waals surface area (Å²) in [6.45, 7) is 0. The van der Waals surface area contributed by atoms with Crippen molar-refractivity contribution in [1.29, 1.82) is 0 Å². The zero-order valence-corrected chi connectivity index (χ0v) is 21.1. The predicted octanol–water partition coefficient (Wildman–Crippen LogP) is 6.04. The molecule has 2 fully saturated rings. The Balaban J connectivity index is 1.42. The van der Waals surface area contributed by atoms with Crippen LogP contribution in [0.15, 0.2) is 85.1 Å². The van der Waals surface area contributed by atoms with E-state index in [-0.39, 0.29) is 0 Å². The van der Waals surface area contributed by atoms with Gasteiger partial charge in [-0.1, -0.05) is 67.1 Å². The monoisotopic (exact) mass is 526 g/mol. The SMILES string of the molecule is O=C1C(OS(=O)(=O)C2CCC2)C(c2ccc(F)cn2)N1c1cc2c3ccccc3ccc2c2ccccc12. The first kappa shape index (κ1) is 23.3. The van der Waals surface area contributed by atoms with Crippen molar-refractivity contribution >= 4 is 54.0 Å². The second-order valence-electron chi connectivity index (χ2n) is 9.94. The van der Waals surface area contributed by atoms with Crippen LogP contribution in [0.2, 0.25) is 0 Å². The van der Waals surface area contributed by atoms with E-state index >= 15 is 0 Å². The summed E-state index contributed by atoms with van der Waals surface area (Å²) in [6.07, 6.45) is 1.67. The number of hydrogen-bond donors (Lipinski definition) is 0. The van der Waals surface area contributed by atoms with Crippen LogP contribution in [0, 0.1) is 5.82 Å². The maximum Gasteiger partial charge on any atom is 0.271 e. The highest BCUT2D eigenvalue weighted by atomic mass is 32.2. The molecule has 190 valence electrons. The van der Waals surface area contributed by atoms with E-state index in [1.54, 1.807) is 4.90 Å². The average Bonchev–Trinajstić information content (AvgIpc) is 2.89. The van der Waals surface area contributed by atoms with E-state index in [9.17, 15) is 17.6 Å². The van der Waals surface area contributed by atoms with E-state index in [2.05, 4.69) is 17.1 Å². The van der Waals surface area contributed by atoms with E-state index < -0.39 is 39.2 Å². The molecule has 1 saturated carbocycles. The number of benzene rings is 4. The molecule has 2 unspecified atom stereocenters. The Morgan fingerprint density at radius 1 is 0.842 bits per heavy atom. The van der Waals surface area contributed by atoms with Crippen LogP contribution in [-0.4, -0.2) is 30.7 Å².